The van der Waals surface area contributed by atoms with Gasteiger partial charge in [0.25, 0.3) is 5.91 Å². The highest BCUT2D eigenvalue weighted by Crippen LogP contribution is 2.31. The van der Waals surface area contributed by atoms with E-state index in [-0.39, 0.29) is 5.91 Å². The number of methoxy groups -OCH3 is 2. The maximum Gasteiger partial charge on any atom is 0.257 e. The van der Waals surface area contributed by atoms with Crippen LogP contribution in [0.4, 0.5) is 11.5 Å². The molecule has 6 nitrogen and oxygen atoms in total. The van der Waals surface area contributed by atoms with E-state index in [2.05, 4.69) is 15.6 Å². The molecule has 0 bridgehead atoms. The summed E-state index contributed by atoms with van der Waals surface area (Å²) in [6.45, 7) is 3.09. The van der Waals surface area contributed by atoms with Gasteiger partial charge >= 0.3 is 0 Å². The minimum atomic E-state index is -0.272. The molecule has 0 radical (unpaired) electrons. The van der Waals surface area contributed by atoms with E-state index >= 15 is 0 Å². The SMILES string of the molecule is COCCNc1ccc(C(=O)Nc2cc(C)c(Cl)cc2OC)cn1. The van der Waals surface area contributed by atoms with Gasteiger partial charge in [0.1, 0.15) is 11.6 Å². The zero-order chi connectivity index (χ0) is 17.5. The van der Waals surface area contributed by atoms with E-state index < -0.39 is 0 Å². The van der Waals surface area contributed by atoms with Crippen LogP contribution in [0, 0.1) is 6.92 Å². The second kappa shape index (κ2) is 8.52. The summed E-state index contributed by atoms with van der Waals surface area (Å²) in [5.41, 5.74) is 1.86. The third kappa shape index (κ3) is 4.59. The van der Waals surface area contributed by atoms with Gasteiger partial charge < -0.3 is 20.1 Å². The molecule has 2 rings (SSSR count). The average Bonchev–Trinajstić information content (AvgIpc) is 2.58. The Bertz CT molecular complexity index is 705. The molecule has 0 aliphatic rings. The van der Waals surface area contributed by atoms with Gasteiger partial charge in [-0.1, -0.05) is 11.6 Å². The number of aryl methyl sites for hydroxylation is 1. The molecule has 1 heterocycles. The first-order valence-electron chi connectivity index (χ1n) is 7.39. The van der Waals surface area contributed by atoms with Gasteiger partial charge in [-0.05, 0) is 30.7 Å². The smallest absolute Gasteiger partial charge is 0.257 e. The number of benzene rings is 1. The Morgan fingerprint density at radius 3 is 2.71 bits per heavy atom. The molecule has 0 spiro atoms. The lowest BCUT2D eigenvalue weighted by molar-refractivity contribution is 0.102. The standard InChI is InChI=1S/C17H20ClN3O3/c1-11-8-14(15(24-3)9-13(11)18)21-17(22)12-4-5-16(20-10-12)19-6-7-23-2/h4-5,8-10H,6-7H2,1-3H3,(H,19,20)(H,21,22). The van der Waals surface area contributed by atoms with Crippen molar-refractivity contribution < 1.29 is 14.3 Å². The number of hydrogen-bond donors (Lipinski definition) is 2. The van der Waals surface area contributed by atoms with Gasteiger partial charge in [0, 0.05) is 30.9 Å². The first kappa shape index (κ1) is 18.0. The van der Waals surface area contributed by atoms with E-state index in [0.717, 1.165) is 5.56 Å². The fourth-order valence-corrected chi connectivity index (χ4v) is 2.19. The molecule has 0 aliphatic carbocycles. The van der Waals surface area contributed by atoms with E-state index in [9.17, 15) is 4.79 Å². The number of halogens is 1. The maximum atomic E-state index is 12.4. The van der Waals surface area contributed by atoms with E-state index in [1.54, 1.807) is 31.4 Å². The number of carbonyl (C=O) groups is 1. The van der Waals surface area contributed by atoms with Crippen molar-refractivity contribution in [1.82, 2.24) is 4.98 Å². The number of nitrogens with zero attached hydrogens (tertiary/aromatic N) is 1. The van der Waals surface area contributed by atoms with Gasteiger partial charge in [-0.3, -0.25) is 4.79 Å². The normalized spacial score (nSPS) is 10.3. The molecule has 0 fully saturated rings. The largest absolute Gasteiger partial charge is 0.495 e. The zero-order valence-electron chi connectivity index (χ0n) is 13.9. The molecule has 0 aliphatic heterocycles. The quantitative estimate of drug-likeness (QED) is 0.750. The Morgan fingerprint density at radius 1 is 1.29 bits per heavy atom. The summed E-state index contributed by atoms with van der Waals surface area (Å²) in [6, 6.07) is 6.89. The summed E-state index contributed by atoms with van der Waals surface area (Å²) in [4.78, 5) is 16.6. The Balaban J connectivity index is 2.08. The first-order chi connectivity index (χ1) is 11.5. The second-order valence-corrected chi connectivity index (χ2v) is 5.51. The van der Waals surface area contributed by atoms with Gasteiger partial charge in [0.15, 0.2) is 0 Å². The molecule has 0 saturated heterocycles. The molecule has 2 N–H and O–H groups in total. The van der Waals surface area contributed by atoms with Crippen LogP contribution in [0.25, 0.3) is 0 Å². The van der Waals surface area contributed by atoms with Crippen LogP contribution in [-0.4, -0.2) is 38.3 Å². The molecule has 128 valence electrons. The van der Waals surface area contributed by atoms with Crippen molar-refractivity contribution in [3.05, 3.63) is 46.6 Å². The van der Waals surface area contributed by atoms with Crippen molar-refractivity contribution in [1.29, 1.82) is 0 Å². The monoisotopic (exact) mass is 349 g/mol. The van der Waals surface area contributed by atoms with Crippen LogP contribution >= 0.6 is 11.6 Å². The van der Waals surface area contributed by atoms with Gasteiger partial charge in [-0.25, -0.2) is 4.98 Å². The van der Waals surface area contributed by atoms with Gasteiger partial charge in [-0.15, -0.1) is 0 Å². The molecule has 2 aromatic rings. The van der Waals surface area contributed by atoms with Crippen LogP contribution in [-0.2, 0) is 4.74 Å². The van der Waals surface area contributed by atoms with Crippen molar-refractivity contribution in [3.63, 3.8) is 0 Å². The number of nitrogens with one attached hydrogen (secondary N) is 2. The summed E-state index contributed by atoms with van der Waals surface area (Å²) >= 11 is 6.07. The Morgan fingerprint density at radius 2 is 2.08 bits per heavy atom. The number of rotatable bonds is 7. The number of hydrogen-bond acceptors (Lipinski definition) is 5. The third-order valence-corrected chi connectivity index (χ3v) is 3.77. The van der Waals surface area contributed by atoms with Crippen LogP contribution in [0.3, 0.4) is 0 Å². The Labute approximate surface area is 146 Å². The van der Waals surface area contributed by atoms with Crippen LogP contribution in [0.5, 0.6) is 5.75 Å². The molecular formula is C17H20ClN3O3. The number of pyridine rings is 1. The molecule has 0 saturated carbocycles. The average molecular weight is 350 g/mol. The zero-order valence-corrected chi connectivity index (χ0v) is 14.6. The van der Waals surface area contributed by atoms with E-state index in [1.165, 1.54) is 13.3 Å². The van der Waals surface area contributed by atoms with Crippen molar-refractivity contribution in [2.75, 3.05) is 38.0 Å². The minimum Gasteiger partial charge on any atom is -0.495 e. The highest BCUT2D eigenvalue weighted by Gasteiger charge is 2.12. The summed E-state index contributed by atoms with van der Waals surface area (Å²) in [7, 11) is 3.16. The number of anilines is 2. The highest BCUT2D eigenvalue weighted by molar-refractivity contribution is 6.31. The van der Waals surface area contributed by atoms with Crippen molar-refractivity contribution in [2.24, 2.45) is 0 Å². The summed E-state index contributed by atoms with van der Waals surface area (Å²) < 4.78 is 10.2. The predicted octanol–water partition coefficient (Wildman–Crippen LogP) is 3.36. The highest BCUT2D eigenvalue weighted by atomic mass is 35.5. The molecule has 0 unspecified atom stereocenters. The number of ether oxygens (including phenoxy) is 2. The van der Waals surface area contributed by atoms with E-state index in [1.807, 2.05) is 6.92 Å². The van der Waals surface area contributed by atoms with Crippen molar-refractivity contribution >= 4 is 29.0 Å². The summed E-state index contributed by atoms with van der Waals surface area (Å²) in [6.07, 6.45) is 1.51. The Hall–Kier alpha value is -2.31. The lowest BCUT2D eigenvalue weighted by Gasteiger charge is -2.12. The first-order valence-corrected chi connectivity index (χ1v) is 7.77. The van der Waals surface area contributed by atoms with E-state index in [4.69, 9.17) is 21.1 Å². The minimum absolute atomic E-state index is 0.272. The molecule has 24 heavy (non-hydrogen) atoms. The molecule has 1 amide bonds. The van der Waals surface area contributed by atoms with Gasteiger partial charge in [0.05, 0.1) is 25.0 Å². The van der Waals surface area contributed by atoms with Crippen molar-refractivity contribution in [2.45, 2.75) is 6.92 Å². The summed E-state index contributed by atoms with van der Waals surface area (Å²) in [5, 5.41) is 6.49. The van der Waals surface area contributed by atoms with Crippen LogP contribution in [0.1, 0.15) is 15.9 Å². The second-order valence-electron chi connectivity index (χ2n) is 5.11. The van der Waals surface area contributed by atoms with Gasteiger partial charge in [-0.2, -0.15) is 0 Å². The third-order valence-electron chi connectivity index (χ3n) is 3.37. The van der Waals surface area contributed by atoms with E-state index in [0.29, 0.717) is 41.0 Å². The lowest BCUT2D eigenvalue weighted by Crippen LogP contribution is -2.14. The fourth-order valence-electron chi connectivity index (χ4n) is 2.04. The fraction of sp³-hybridized carbons (Fsp3) is 0.294. The van der Waals surface area contributed by atoms with Crippen LogP contribution < -0.4 is 15.4 Å². The number of aromatic nitrogens is 1. The van der Waals surface area contributed by atoms with Crippen molar-refractivity contribution in [3.8, 4) is 5.75 Å². The van der Waals surface area contributed by atoms with Gasteiger partial charge in [0.2, 0.25) is 0 Å². The predicted molar refractivity (Wildman–Crippen MR) is 95.3 cm³/mol. The van der Waals surface area contributed by atoms with Crippen LogP contribution in [0.15, 0.2) is 30.5 Å². The van der Waals surface area contributed by atoms with Crippen LogP contribution in [0.2, 0.25) is 5.02 Å². The number of amides is 1. The molecule has 1 aromatic carbocycles. The topological polar surface area (TPSA) is 72.5 Å². The molecule has 7 heteroatoms. The Kier molecular flexibility index (Phi) is 6.40. The summed E-state index contributed by atoms with van der Waals surface area (Å²) in [5.74, 6) is 0.916. The molecule has 0 atom stereocenters. The number of carbonyl (C=O) groups excluding carboxylic acids is 1. The lowest BCUT2D eigenvalue weighted by atomic mass is 10.2. The molecular weight excluding hydrogens is 330 g/mol. The molecule has 1 aromatic heterocycles. The maximum absolute atomic E-state index is 12.4.